The van der Waals surface area contributed by atoms with Crippen LogP contribution in [0.2, 0.25) is 0 Å². The largest absolute Gasteiger partial charge is 0.497 e. The van der Waals surface area contributed by atoms with E-state index in [1.807, 2.05) is 12.1 Å². The Bertz CT molecular complexity index is 862. The highest BCUT2D eigenvalue weighted by Gasteiger charge is 2.31. The molecule has 0 aromatic heterocycles. The smallest absolute Gasteiger partial charge is 0.171 e. The molecule has 122 valence electrons. The van der Waals surface area contributed by atoms with Gasteiger partial charge in [0.15, 0.2) is 5.11 Å². The van der Waals surface area contributed by atoms with E-state index in [1.54, 1.807) is 19.2 Å². The van der Waals surface area contributed by atoms with Crippen molar-refractivity contribution in [1.82, 2.24) is 10.6 Å². The molecule has 0 saturated heterocycles. The Balaban J connectivity index is 1.83. The second-order valence-corrected chi connectivity index (χ2v) is 6.42. The maximum absolute atomic E-state index is 13.7. The second-order valence-electron chi connectivity index (χ2n) is 6.01. The second kappa shape index (κ2) is 5.91. The molecule has 4 rings (SSSR count). The maximum Gasteiger partial charge on any atom is 0.171 e. The Morgan fingerprint density at radius 2 is 2.04 bits per heavy atom. The minimum atomic E-state index is -0.234. The third kappa shape index (κ3) is 2.55. The molecule has 1 atom stereocenters. The third-order valence-corrected chi connectivity index (χ3v) is 4.83. The number of thiocarbonyl (C=S) groups is 1. The lowest BCUT2D eigenvalue weighted by Gasteiger charge is -2.35. The van der Waals surface area contributed by atoms with E-state index in [4.69, 9.17) is 17.0 Å². The van der Waals surface area contributed by atoms with Gasteiger partial charge in [0.05, 0.1) is 13.2 Å². The monoisotopic (exact) mass is 340 g/mol. The van der Waals surface area contributed by atoms with Crippen molar-refractivity contribution in [3.8, 4) is 5.75 Å². The normalized spacial score (nSPS) is 19.1. The van der Waals surface area contributed by atoms with Gasteiger partial charge in [0.2, 0.25) is 0 Å². The number of hydrogen-bond acceptors (Lipinski definition) is 2. The van der Waals surface area contributed by atoms with Crippen LogP contribution >= 0.6 is 12.2 Å². The van der Waals surface area contributed by atoms with Crippen LogP contribution in [0.5, 0.6) is 5.75 Å². The molecular weight excluding hydrogens is 323 g/mol. The molecule has 2 aliphatic rings. The van der Waals surface area contributed by atoms with Gasteiger partial charge in [-0.3, -0.25) is 0 Å². The number of fused-ring (bicyclic) bond motifs is 2. The van der Waals surface area contributed by atoms with Gasteiger partial charge in [-0.1, -0.05) is 12.1 Å². The zero-order valence-electron chi connectivity index (χ0n) is 13.2. The molecule has 1 aliphatic heterocycles. The lowest BCUT2D eigenvalue weighted by atomic mass is 9.83. The molecule has 0 spiro atoms. The number of halogens is 1. The van der Waals surface area contributed by atoms with E-state index in [-0.39, 0.29) is 11.9 Å². The molecular formula is C19H17FN2OS. The molecule has 0 bridgehead atoms. The van der Waals surface area contributed by atoms with Crippen molar-refractivity contribution in [2.24, 2.45) is 0 Å². The fourth-order valence-corrected chi connectivity index (χ4v) is 3.71. The molecule has 3 nitrogen and oxygen atoms in total. The van der Waals surface area contributed by atoms with E-state index >= 15 is 0 Å². The molecule has 1 aliphatic carbocycles. The van der Waals surface area contributed by atoms with E-state index < -0.39 is 0 Å². The number of ether oxygens (including phenoxy) is 1. The first-order valence-electron chi connectivity index (χ1n) is 7.89. The lowest BCUT2D eigenvalue weighted by molar-refractivity contribution is 0.414. The van der Waals surface area contributed by atoms with Crippen LogP contribution < -0.4 is 15.4 Å². The van der Waals surface area contributed by atoms with Crippen LogP contribution in [-0.2, 0) is 6.42 Å². The van der Waals surface area contributed by atoms with Crippen LogP contribution in [0.15, 0.2) is 48.0 Å². The van der Waals surface area contributed by atoms with E-state index in [0.717, 1.165) is 35.4 Å². The topological polar surface area (TPSA) is 33.3 Å². The van der Waals surface area contributed by atoms with Gasteiger partial charge < -0.3 is 15.4 Å². The van der Waals surface area contributed by atoms with Crippen molar-refractivity contribution in [2.75, 3.05) is 7.11 Å². The summed E-state index contributed by atoms with van der Waals surface area (Å²) in [7, 11) is 1.67. The number of nitrogens with one attached hydrogen (secondary N) is 2. The zero-order chi connectivity index (χ0) is 16.7. The van der Waals surface area contributed by atoms with Crippen molar-refractivity contribution >= 4 is 23.0 Å². The van der Waals surface area contributed by atoms with Crippen molar-refractivity contribution in [2.45, 2.75) is 18.9 Å². The van der Waals surface area contributed by atoms with E-state index in [2.05, 4.69) is 22.8 Å². The van der Waals surface area contributed by atoms with Crippen LogP contribution in [0, 0.1) is 5.82 Å². The van der Waals surface area contributed by atoms with Crippen LogP contribution in [0.4, 0.5) is 4.39 Å². The SMILES string of the molecule is COc1ccc2c(c1)CCC1=C2NC(=S)N[C@@H]1c1cccc(F)c1. The first kappa shape index (κ1) is 15.1. The summed E-state index contributed by atoms with van der Waals surface area (Å²) in [6.45, 7) is 0. The molecule has 0 amide bonds. The number of rotatable bonds is 2. The van der Waals surface area contributed by atoms with Gasteiger partial charge in [-0.05, 0) is 72.1 Å². The highest BCUT2D eigenvalue weighted by Crippen LogP contribution is 2.39. The van der Waals surface area contributed by atoms with Gasteiger partial charge in [0, 0.05) is 11.3 Å². The molecule has 2 N–H and O–H groups in total. The van der Waals surface area contributed by atoms with Gasteiger partial charge in [-0.15, -0.1) is 0 Å². The summed E-state index contributed by atoms with van der Waals surface area (Å²) >= 11 is 5.39. The van der Waals surface area contributed by atoms with Crippen molar-refractivity contribution < 1.29 is 9.13 Å². The molecule has 0 fully saturated rings. The maximum atomic E-state index is 13.7. The van der Waals surface area contributed by atoms with Crippen molar-refractivity contribution in [3.05, 3.63) is 70.5 Å². The predicted octanol–water partition coefficient (Wildman–Crippen LogP) is 3.71. The summed E-state index contributed by atoms with van der Waals surface area (Å²) in [6, 6.07) is 12.7. The van der Waals surface area contributed by atoms with Gasteiger partial charge in [0.1, 0.15) is 11.6 Å². The minimum Gasteiger partial charge on any atom is -0.497 e. The minimum absolute atomic E-state index is 0.0975. The molecule has 0 unspecified atom stereocenters. The Labute approximate surface area is 145 Å². The van der Waals surface area contributed by atoms with Crippen molar-refractivity contribution in [3.63, 3.8) is 0 Å². The first-order chi connectivity index (χ1) is 11.7. The fraction of sp³-hybridized carbons (Fsp3) is 0.211. The fourth-order valence-electron chi connectivity index (χ4n) is 3.49. The Morgan fingerprint density at radius 3 is 2.83 bits per heavy atom. The van der Waals surface area contributed by atoms with Crippen LogP contribution in [0.1, 0.15) is 29.2 Å². The van der Waals surface area contributed by atoms with Crippen LogP contribution in [-0.4, -0.2) is 12.2 Å². The molecule has 2 aromatic rings. The summed E-state index contributed by atoms with van der Waals surface area (Å²) in [5.41, 5.74) is 5.53. The van der Waals surface area contributed by atoms with Crippen LogP contribution in [0.25, 0.3) is 5.70 Å². The van der Waals surface area contributed by atoms with E-state index in [0.29, 0.717) is 5.11 Å². The predicted molar refractivity (Wildman–Crippen MR) is 96.2 cm³/mol. The molecule has 5 heteroatoms. The summed E-state index contributed by atoms with van der Waals surface area (Å²) in [5, 5.41) is 7.14. The number of benzene rings is 2. The van der Waals surface area contributed by atoms with Gasteiger partial charge in [-0.25, -0.2) is 4.39 Å². The summed E-state index contributed by atoms with van der Waals surface area (Å²) < 4.78 is 19.0. The molecule has 1 heterocycles. The van der Waals surface area contributed by atoms with Crippen LogP contribution in [0.3, 0.4) is 0 Å². The van der Waals surface area contributed by atoms with Gasteiger partial charge in [0.25, 0.3) is 0 Å². The highest BCUT2D eigenvalue weighted by molar-refractivity contribution is 7.80. The Kier molecular flexibility index (Phi) is 3.73. The number of hydrogen-bond donors (Lipinski definition) is 2. The Morgan fingerprint density at radius 1 is 1.17 bits per heavy atom. The highest BCUT2D eigenvalue weighted by atomic mass is 32.1. The number of aryl methyl sites for hydroxylation is 1. The lowest BCUT2D eigenvalue weighted by Crippen LogP contribution is -2.44. The zero-order valence-corrected chi connectivity index (χ0v) is 14.0. The summed E-state index contributed by atoms with van der Waals surface area (Å²) in [4.78, 5) is 0. The molecule has 24 heavy (non-hydrogen) atoms. The summed E-state index contributed by atoms with van der Waals surface area (Å²) in [6.07, 6.45) is 1.81. The van der Waals surface area contributed by atoms with Crippen molar-refractivity contribution in [1.29, 1.82) is 0 Å². The standard InChI is InChI=1S/C19H17FN2OS/c1-23-14-6-8-15-11(10-14)5-7-16-17(21-19(24)22-18(15)16)12-3-2-4-13(20)9-12/h2-4,6,8-10,17H,5,7H2,1H3,(H2,21,22,24)/t17-/m1/s1. The summed E-state index contributed by atoms with van der Waals surface area (Å²) in [5.74, 6) is 0.623. The molecule has 2 aromatic carbocycles. The van der Waals surface area contributed by atoms with Gasteiger partial charge in [-0.2, -0.15) is 0 Å². The Hall–Kier alpha value is -2.40. The quantitative estimate of drug-likeness (QED) is 0.817. The average molecular weight is 340 g/mol. The molecule has 0 radical (unpaired) electrons. The van der Waals surface area contributed by atoms with E-state index in [1.165, 1.54) is 17.2 Å². The van der Waals surface area contributed by atoms with Gasteiger partial charge >= 0.3 is 0 Å². The molecule has 0 saturated carbocycles. The average Bonchev–Trinajstić information content (AvgIpc) is 2.60. The third-order valence-electron chi connectivity index (χ3n) is 4.61. The van der Waals surface area contributed by atoms with E-state index in [9.17, 15) is 4.39 Å². The number of methoxy groups -OCH3 is 1. The first-order valence-corrected chi connectivity index (χ1v) is 8.30.